The van der Waals surface area contributed by atoms with Gasteiger partial charge in [-0.05, 0) is 36.6 Å². The SMILES string of the molecule is COCCS(=O)(=O)C(C(=O)NCC(=O)NC1CC1)c1nc2cc(F)c(-c3ccc(NC(N)=O)cc3)cc2s1. The van der Waals surface area contributed by atoms with Crippen molar-refractivity contribution in [2.45, 2.75) is 24.1 Å². The molecule has 0 saturated heterocycles. The van der Waals surface area contributed by atoms with Gasteiger partial charge in [-0.25, -0.2) is 22.6 Å². The largest absolute Gasteiger partial charge is 0.384 e. The van der Waals surface area contributed by atoms with E-state index in [1.54, 1.807) is 24.3 Å². The molecule has 4 rings (SSSR count). The lowest BCUT2D eigenvalue weighted by molar-refractivity contribution is -0.126. The highest BCUT2D eigenvalue weighted by Crippen LogP contribution is 2.35. The van der Waals surface area contributed by atoms with E-state index in [0.717, 1.165) is 24.2 Å². The molecule has 1 unspecified atom stereocenters. The number of methoxy groups -OCH3 is 1. The number of hydrogen-bond donors (Lipinski definition) is 4. The number of carbonyl (C=O) groups is 3. The van der Waals surface area contributed by atoms with E-state index in [4.69, 9.17) is 10.5 Å². The van der Waals surface area contributed by atoms with Gasteiger partial charge in [0, 0.05) is 30.5 Å². The maximum Gasteiger partial charge on any atom is 0.316 e. The zero-order valence-electron chi connectivity index (χ0n) is 20.3. The van der Waals surface area contributed by atoms with E-state index in [-0.39, 0.29) is 35.3 Å². The quantitative estimate of drug-likeness (QED) is 0.277. The van der Waals surface area contributed by atoms with Crippen molar-refractivity contribution in [3.63, 3.8) is 0 Å². The highest BCUT2D eigenvalue weighted by Gasteiger charge is 2.37. The second kappa shape index (κ2) is 11.4. The predicted molar refractivity (Wildman–Crippen MR) is 141 cm³/mol. The first-order chi connectivity index (χ1) is 18.1. The maximum atomic E-state index is 15.0. The van der Waals surface area contributed by atoms with Crippen LogP contribution in [0.15, 0.2) is 36.4 Å². The van der Waals surface area contributed by atoms with Gasteiger partial charge in [-0.1, -0.05) is 12.1 Å². The molecule has 0 radical (unpaired) electrons. The van der Waals surface area contributed by atoms with Crippen LogP contribution in [-0.2, 0) is 24.2 Å². The Morgan fingerprint density at radius 2 is 1.92 bits per heavy atom. The summed E-state index contributed by atoms with van der Waals surface area (Å²) in [6.45, 7) is -0.519. The minimum Gasteiger partial charge on any atom is -0.384 e. The molecule has 11 nitrogen and oxygen atoms in total. The molecule has 1 saturated carbocycles. The van der Waals surface area contributed by atoms with Gasteiger partial charge in [0.25, 0.3) is 0 Å². The number of aromatic nitrogens is 1. The normalized spacial score (nSPS) is 14.2. The number of primary amides is 1. The first kappa shape index (κ1) is 27.4. The van der Waals surface area contributed by atoms with E-state index >= 15 is 4.39 Å². The second-order valence-corrected chi connectivity index (χ2v) is 12.0. The molecule has 0 bridgehead atoms. The van der Waals surface area contributed by atoms with Gasteiger partial charge in [0.2, 0.25) is 11.8 Å². The number of benzene rings is 2. The first-order valence-electron chi connectivity index (χ1n) is 11.6. The zero-order valence-corrected chi connectivity index (χ0v) is 22.0. The lowest BCUT2D eigenvalue weighted by atomic mass is 10.0. The Balaban J connectivity index is 1.64. The minimum absolute atomic E-state index is 0.0474. The molecule has 0 aliphatic heterocycles. The summed E-state index contributed by atoms with van der Waals surface area (Å²) < 4.78 is 46.6. The van der Waals surface area contributed by atoms with E-state index in [9.17, 15) is 22.8 Å². The number of amides is 4. The maximum absolute atomic E-state index is 15.0. The molecule has 1 aromatic heterocycles. The van der Waals surface area contributed by atoms with Crippen LogP contribution in [0.1, 0.15) is 23.1 Å². The number of nitrogens with two attached hydrogens (primary N) is 1. The smallest absolute Gasteiger partial charge is 0.316 e. The topological polar surface area (TPSA) is 170 Å². The van der Waals surface area contributed by atoms with Gasteiger partial charge in [-0.2, -0.15) is 0 Å². The molecule has 1 fully saturated rings. The molecule has 2 aromatic carbocycles. The second-order valence-electron chi connectivity index (χ2n) is 8.72. The predicted octanol–water partition coefficient (Wildman–Crippen LogP) is 2.09. The van der Waals surface area contributed by atoms with E-state index < -0.39 is 44.5 Å². The first-order valence-corrected chi connectivity index (χ1v) is 14.1. The Morgan fingerprint density at radius 1 is 1.21 bits per heavy atom. The Bertz CT molecular complexity index is 1470. The molecule has 1 atom stereocenters. The molecular weight excluding hydrogens is 537 g/mol. The molecule has 3 aromatic rings. The van der Waals surface area contributed by atoms with Crippen molar-refractivity contribution in [3.8, 4) is 11.1 Å². The number of ether oxygens (including phenoxy) is 1. The van der Waals surface area contributed by atoms with Crippen LogP contribution in [-0.4, -0.2) is 63.3 Å². The summed E-state index contributed by atoms with van der Waals surface area (Å²) in [6.07, 6.45) is 1.73. The summed E-state index contributed by atoms with van der Waals surface area (Å²) in [5.74, 6) is -2.37. The van der Waals surface area contributed by atoms with Crippen LogP contribution in [0.4, 0.5) is 14.9 Å². The van der Waals surface area contributed by atoms with Crippen molar-refractivity contribution in [2.75, 3.05) is 31.3 Å². The number of rotatable bonds is 11. The summed E-state index contributed by atoms with van der Waals surface area (Å²) in [5.41, 5.74) is 6.44. The van der Waals surface area contributed by atoms with Crippen molar-refractivity contribution in [2.24, 2.45) is 5.73 Å². The lowest BCUT2D eigenvalue weighted by Gasteiger charge is -2.15. The van der Waals surface area contributed by atoms with Crippen LogP contribution in [0.25, 0.3) is 21.3 Å². The van der Waals surface area contributed by atoms with Crippen molar-refractivity contribution in [1.29, 1.82) is 0 Å². The number of thiazole rings is 1. The standard InChI is InChI=1S/C24H26FN5O6S2/c1-36-8-9-38(34,35)21(22(32)27-12-20(31)28-14-6-7-14)23-30-18-11-17(25)16(10-19(18)37-23)13-2-4-15(5-3-13)29-24(26)33/h2-5,10-11,14,21H,6-9,12H2,1H3,(H,27,32)(H,28,31)(H3,26,29,33). The Hall–Kier alpha value is -3.62. The third-order valence-corrected chi connectivity index (χ3v) is 8.84. The average molecular weight is 564 g/mol. The van der Waals surface area contributed by atoms with Gasteiger partial charge in [0.1, 0.15) is 10.8 Å². The van der Waals surface area contributed by atoms with Crippen LogP contribution in [0.5, 0.6) is 0 Å². The van der Waals surface area contributed by atoms with Crippen LogP contribution < -0.4 is 21.7 Å². The third-order valence-electron chi connectivity index (χ3n) is 5.72. The lowest BCUT2D eigenvalue weighted by Crippen LogP contribution is -2.41. The number of halogens is 1. The summed E-state index contributed by atoms with van der Waals surface area (Å²) in [6, 6.07) is 8.34. The summed E-state index contributed by atoms with van der Waals surface area (Å²) >= 11 is 0.945. The summed E-state index contributed by atoms with van der Waals surface area (Å²) in [5, 5.41) is 5.78. The van der Waals surface area contributed by atoms with Crippen LogP contribution in [0.3, 0.4) is 0 Å². The fourth-order valence-electron chi connectivity index (χ4n) is 3.69. The van der Waals surface area contributed by atoms with Gasteiger partial charge in [-0.3, -0.25) is 9.59 Å². The molecule has 1 aliphatic carbocycles. The molecule has 14 heteroatoms. The number of urea groups is 1. The monoisotopic (exact) mass is 563 g/mol. The van der Waals surface area contributed by atoms with Crippen molar-refractivity contribution in [3.05, 3.63) is 47.2 Å². The minimum atomic E-state index is -4.09. The van der Waals surface area contributed by atoms with E-state index in [1.165, 1.54) is 19.2 Å². The molecular formula is C24H26FN5O6S2. The molecule has 5 N–H and O–H groups in total. The fraction of sp³-hybridized carbons (Fsp3) is 0.333. The molecule has 38 heavy (non-hydrogen) atoms. The van der Waals surface area contributed by atoms with E-state index in [0.29, 0.717) is 16.0 Å². The van der Waals surface area contributed by atoms with E-state index in [2.05, 4.69) is 20.9 Å². The third kappa shape index (κ3) is 6.62. The number of hydrogen-bond acceptors (Lipinski definition) is 8. The molecule has 1 heterocycles. The zero-order chi connectivity index (χ0) is 27.4. The Morgan fingerprint density at radius 3 is 2.55 bits per heavy atom. The number of nitrogens with zero attached hydrogens (tertiary/aromatic N) is 1. The number of fused-ring (bicyclic) bond motifs is 1. The average Bonchev–Trinajstić information content (AvgIpc) is 3.58. The Kier molecular flexibility index (Phi) is 8.23. The van der Waals surface area contributed by atoms with Crippen molar-refractivity contribution in [1.82, 2.24) is 15.6 Å². The highest BCUT2D eigenvalue weighted by molar-refractivity contribution is 7.92. The molecule has 1 aliphatic rings. The number of sulfone groups is 1. The summed E-state index contributed by atoms with van der Waals surface area (Å²) in [7, 11) is -2.75. The van der Waals surface area contributed by atoms with Gasteiger partial charge in [-0.15, -0.1) is 11.3 Å². The highest BCUT2D eigenvalue weighted by atomic mass is 32.2. The van der Waals surface area contributed by atoms with Gasteiger partial charge in [0.05, 0.1) is 29.1 Å². The van der Waals surface area contributed by atoms with Crippen molar-refractivity contribution < 1.29 is 31.9 Å². The number of nitrogens with one attached hydrogen (secondary N) is 3. The molecule has 202 valence electrons. The van der Waals surface area contributed by atoms with Crippen molar-refractivity contribution >= 4 is 54.9 Å². The molecule has 0 spiro atoms. The van der Waals surface area contributed by atoms with Gasteiger partial charge < -0.3 is 26.4 Å². The van der Waals surface area contributed by atoms with Gasteiger partial charge >= 0.3 is 6.03 Å². The fourth-order valence-corrected chi connectivity index (χ4v) is 6.65. The van der Waals surface area contributed by atoms with Crippen LogP contribution >= 0.6 is 11.3 Å². The number of anilines is 1. The van der Waals surface area contributed by atoms with Crippen LogP contribution in [0, 0.1) is 5.82 Å². The number of carbonyl (C=O) groups excluding carboxylic acids is 3. The summed E-state index contributed by atoms with van der Waals surface area (Å²) in [4.78, 5) is 40.4. The Labute approximate surface area is 221 Å². The van der Waals surface area contributed by atoms with E-state index in [1.807, 2.05) is 0 Å². The van der Waals surface area contributed by atoms with Gasteiger partial charge in [0.15, 0.2) is 15.1 Å². The van der Waals surface area contributed by atoms with Crippen LogP contribution in [0.2, 0.25) is 0 Å². The molecule has 4 amide bonds.